The molecule has 0 radical (unpaired) electrons. The van der Waals surface area contributed by atoms with Gasteiger partial charge in [-0.05, 0) is 30.7 Å². The normalized spacial score (nSPS) is 10.6. The van der Waals surface area contributed by atoms with Gasteiger partial charge in [-0.2, -0.15) is 0 Å². The van der Waals surface area contributed by atoms with E-state index in [-0.39, 0.29) is 5.82 Å². The maximum atomic E-state index is 13.5. The van der Waals surface area contributed by atoms with Crippen LogP contribution in [0.4, 0.5) is 4.39 Å². The highest BCUT2D eigenvalue weighted by Gasteiger charge is 2.01. The molecule has 18 heavy (non-hydrogen) atoms. The Kier molecular flexibility index (Phi) is 4.90. The monoisotopic (exact) mass is 307 g/mol. The third kappa shape index (κ3) is 3.93. The van der Waals surface area contributed by atoms with Crippen LogP contribution < -0.4 is 5.32 Å². The molecule has 1 nitrogen and oxygen atoms in total. The molecule has 0 aliphatic heterocycles. The van der Waals surface area contributed by atoms with Gasteiger partial charge in [0.2, 0.25) is 0 Å². The van der Waals surface area contributed by atoms with Gasteiger partial charge in [-0.25, -0.2) is 4.39 Å². The largest absolute Gasteiger partial charge is 0.312 e. The molecular weight excluding hydrogens is 293 g/mol. The molecule has 0 spiro atoms. The van der Waals surface area contributed by atoms with E-state index in [1.54, 1.807) is 6.07 Å². The topological polar surface area (TPSA) is 12.0 Å². The molecule has 94 valence electrons. The molecule has 0 bridgehead atoms. The minimum atomic E-state index is -0.170. The molecule has 0 heterocycles. The first-order valence-electron chi connectivity index (χ1n) is 5.94. The number of hydrogen-bond donors (Lipinski definition) is 1. The molecular formula is C15H15BrFN. The van der Waals surface area contributed by atoms with Gasteiger partial charge in [0.15, 0.2) is 0 Å². The summed E-state index contributed by atoms with van der Waals surface area (Å²) >= 11 is 3.25. The Morgan fingerprint density at radius 1 is 1.06 bits per heavy atom. The van der Waals surface area contributed by atoms with Crippen LogP contribution in [0.25, 0.3) is 0 Å². The van der Waals surface area contributed by atoms with Gasteiger partial charge >= 0.3 is 0 Å². The number of halogens is 2. The summed E-state index contributed by atoms with van der Waals surface area (Å²) in [6.45, 7) is 1.41. The van der Waals surface area contributed by atoms with Gasteiger partial charge in [-0.15, -0.1) is 0 Å². The van der Waals surface area contributed by atoms with Crippen LogP contribution in [-0.4, -0.2) is 6.54 Å². The lowest BCUT2D eigenvalue weighted by atomic mass is 10.1. The SMILES string of the molecule is Fc1cc(Br)ccc1CNCCc1ccccc1. The molecule has 3 heteroatoms. The van der Waals surface area contributed by atoms with Crippen LogP contribution >= 0.6 is 15.9 Å². The number of benzene rings is 2. The van der Waals surface area contributed by atoms with Gasteiger partial charge in [0.1, 0.15) is 5.82 Å². The van der Waals surface area contributed by atoms with Crippen LogP contribution in [-0.2, 0) is 13.0 Å². The predicted molar refractivity (Wildman–Crippen MR) is 76.0 cm³/mol. The van der Waals surface area contributed by atoms with E-state index in [4.69, 9.17) is 0 Å². The summed E-state index contributed by atoms with van der Waals surface area (Å²) < 4.78 is 14.3. The van der Waals surface area contributed by atoms with E-state index in [1.807, 2.05) is 24.3 Å². The van der Waals surface area contributed by atoms with E-state index in [1.165, 1.54) is 11.6 Å². The van der Waals surface area contributed by atoms with Crippen molar-refractivity contribution in [3.05, 3.63) is 69.9 Å². The first-order chi connectivity index (χ1) is 8.75. The zero-order valence-corrected chi connectivity index (χ0v) is 11.6. The molecule has 2 aromatic rings. The van der Waals surface area contributed by atoms with Crippen molar-refractivity contribution in [1.82, 2.24) is 5.32 Å². The summed E-state index contributed by atoms with van der Waals surface area (Å²) in [6, 6.07) is 15.4. The second-order valence-electron chi connectivity index (χ2n) is 4.15. The fraction of sp³-hybridized carbons (Fsp3) is 0.200. The molecule has 0 saturated heterocycles. The summed E-state index contributed by atoms with van der Waals surface area (Å²) in [7, 11) is 0. The van der Waals surface area contributed by atoms with Crippen molar-refractivity contribution in [2.24, 2.45) is 0 Å². The second kappa shape index (κ2) is 6.66. The van der Waals surface area contributed by atoms with Crippen LogP contribution in [0.3, 0.4) is 0 Å². The van der Waals surface area contributed by atoms with Gasteiger partial charge in [0.25, 0.3) is 0 Å². The number of rotatable bonds is 5. The van der Waals surface area contributed by atoms with E-state index >= 15 is 0 Å². The zero-order chi connectivity index (χ0) is 12.8. The summed E-state index contributed by atoms with van der Waals surface area (Å²) in [5.74, 6) is -0.170. The molecule has 0 aliphatic rings. The highest BCUT2D eigenvalue weighted by molar-refractivity contribution is 9.10. The van der Waals surface area contributed by atoms with Gasteiger partial charge in [-0.1, -0.05) is 52.3 Å². The molecule has 0 aromatic heterocycles. The Balaban J connectivity index is 1.79. The van der Waals surface area contributed by atoms with Crippen molar-refractivity contribution >= 4 is 15.9 Å². The van der Waals surface area contributed by atoms with Crippen molar-refractivity contribution in [2.45, 2.75) is 13.0 Å². The summed E-state index contributed by atoms with van der Waals surface area (Å²) in [6.07, 6.45) is 0.957. The van der Waals surface area contributed by atoms with Crippen molar-refractivity contribution in [3.8, 4) is 0 Å². The quantitative estimate of drug-likeness (QED) is 0.826. The van der Waals surface area contributed by atoms with E-state index in [0.717, 1.165) is 17.4 Å². The lowest BCUT2D eigenvalue weighted by Crippen LogP contribution is -2.17. The standard InChI is InChI=1S/C15H15BrFN/c16-14-7-6-13(15(17)10-14)11-18-9-8-12-4-2-1-3-5-12/h1-7,10,18H,8-9,11H2. The number of nitrogens with one attached hydrogen (secondary N) is 1. The Morgan fingerprint density at radius 3 is 2.56 bits per heavy atom. The van der Waals surface area contributed by atoms with Crippen molar-refractivity contribution in [1.29, 1.82) is 0 Å². The van der Waals surface area contributed by atoms with Crippen LogP contribution in [0.1, 0.15) is 11.1 Å². The molecule has 0 aliphatic carbocycles. The van der Waals surface area contributed by atoms with E-state index in [2.05, 4.69) is 33.4 Å². The number of hydrogen-bond acceptors (Lipinski definition) is 1. The lowest BCUT2D eigenvalue weighted by molar-refractivity contribution is 0.587. The third-order valence-electron chi connectivity index (χ3n) is 2.76. The lowest BCUT2D eigenvalue weighted by Gasteiger charge is -2.06. The van der Waals surface area contributed by atoms with Gasteiger partial charge < -0.3 is 5.32 Å². The third-order valence-corrected chi connectivity index (χ3v) is 3.26. The predicted octanol–water partition coefficient (Wildman–Crippen LogP) is 3.92. The van der Waals surface area contributed by atoms with E-state index < -0.39 is 0 Å². The first kappa shape index (κ1) is 13.2. The maximum absolute atomic E-state index is 13.5. The molecule has 0 saturated carbocycles. The second-order valence-corrected chi connectivity index (χ2v) is 5.06. The highest BCUT2D eigenvalue weighted by Crippen LogP contribution is 2.14. The Bertz CT molecular complexity index is 499. The van der Waals surface area contributed by atoms with E-state index in [0.29, 0.717) is 12.1 Å². The van der Waals surface area contributed by atoms with Crippen LogP contribution in [0.15, 0.2) is 53.0 Å². The fourth-order valence-electron chi connectivity index (χ4n) is 1.77. The Morgan fingerprint density at radius 2 is 1.83 bits per heavy atom. The van der Waals surface area contributed by atoms with E-state index in [9.17, 15) is 4.39 Å². The first-order valence-corrected chi connectivity index (χ1v) is 6.73. The van der Waals surface area contributed by atoms with Crippen molar-refractivity contribution < 1.29 is 4.39 Å². The van der Waals surface area contributed by atoms with Crippen LogP contribution in [0, 0.1) is 5.82 Å². The molecule has 0 amide bonds. The molecule has 0 atom stereocenters. The van der Waals surface area contributed by atoms with Gasteiger partial charge in [0.05, 0.1) is 0 Å². The van der Waals surface area contributed by atoms with Crippen LogP contribution in [0.5, 0.6) is 0 Å². The molecule has 0 fully saturated rings. The summed E-state index contributed by atoms with van der Waals surface area (Å²) in [5, 5.41) is 3.26. The van der Waals surface area contributed by atoms with Gasteiger partial charge in [0, 0.05) is 16.6 Å². The minimum Gasteiger partial charge on any atom is -0.312 e. The summed E-state index contributed by atoms with van der Waals surface area (Å²) in [4.78, 5) is 0. The molecule has 2 aromatic carbocycles. The molecule has 0 unspecified atom stereocenters. The van der Waals surface area contributed by atoms with Gasteiger partial charge in [-0.3, -0.25) is 0 Å². The smallest absolute Gasteiger partial charge is 0.128 e. The summed E-state index contributed by atoms with van der Waals surface area (Å²) in [5.41, 5.74) is 1.99. The maximum Gasteiger partial charge on any atom is 0.128 e. The molecule has 2 rings (SSSR count). The average molecular weight is 308 g/mol. The van der Waals surface area contributed by atoms with Crippen molar-refractivity contribution in [3.63, 3.8) is 0 Å². The van der Waals surface area contributed by atoms with Crippen LogP contribution in [0.2, 0.25) is 0 Å². The van der Waals surface area contributed by atoms with Crippen molar-refractivity contribution in [2.75, 3.05) is 6.54 Å². The molecule has 1 N–H and O–H groups in total. The fourth-order valence-corrected chi connectivity index (χ4v) is 2.10. The highest BCUT2D eigenvalue weighted by atomic mass is 79.9. The average Bonchev–Trinajstić information content (AvgIpc) is 2.38. The Hall–Kier alpha value is -1.19. The Labute approximate surface area is 115 Å². The zero-order valence-electron chi connectivity index (χ0n) is 10.00. The minimum absolute atomic E-state index is 0.170.